The van der Waals surface area contributed by atoms with E-state index in [9.17, 15) is 9.59 Å². The van der Waals surface area contributed by atoms with E-state index < -0.39 is 6.04 Å². The summed E-state index contributed by atoms with van der Waals surface area (Å²) in [7, 11) is 0. The number of hydrogen-bond acceptors (Lipinski definition) is 3. The molecule has 2 aromatic carbocycles. The maximum absolute atomic E-state index is 14.0. The number of rotatable bonds is 8. The van der Waals surface area contributed by atoms with E-state index in [1.807, 2.05) is 73.8 Å². The maximum atomic E-state index is 14.0. The summed E-state index contributed by atoms with van der Waals surface area (Å²) in [4.78, 5) is 37.2. The van der Waals surface area contributed by atoms with E-state index in [1.54, 1.807) is 17.3 Å². The Morgan fingerprint density at radius 1 is 1.03 bits per heavy atom. The van der Waals surface area contributed by atoms with Gasteiger partial charge in [-0.25, -0.2) is 0 Å². The van der Waals surface area contributed by atoms with E-state index in [1.165, 1.54) is 6.42 Å². The van der Waals surface area contributed by atoms with Crippen LogP contribution in [-0.4, -0.2) is 32.7 Å². The summed E-state index contributed by atoms with van der Waals surface area (Å²) in [6.07, 6.45) is 11.0. The topological polar surface area (TPSA) is 78.1 Å². The van der Waals surface area contributed by atoms with Gasteiger partial charge in [0, 0.05) is 42.1 Å². The Balaban J connectivity index is 1.50. The molecule has 0 saturated heterocycles. The Morgan fingerprint density at radius 3 is 2.57 bits per heavy atom. The molecule has 2 N–H and O–H groups in total. The molecule has 0 spiro atoms. The molecule has 6 nitrogen and oxygen atoms in total. The van der Waals surface area contributed by atoms with Gasteiger partial charge in [0.15, 0.2) is 0 Å². The fraction of sp³-hybridized carbons (Fsp3) is 0.323. The van der Waals surface area contributed by atoms with Crippen LogP contribution in [0.3, 0.4) is 0 Å². The fourth-order valence-corrected chi connectivity index (χ4v) is 5.30. The van der Waals surface area contributed by atoms with Crippen LogP contribution >= 0.6 is 0 Å². The van der Waals surface area contributed by atoms with E-state index in [0.717, 1.165) is 58.8 Å². The van der Waals surface area contributed by atoms with E-state index in [0.29, 0.717) is 6.54 Å². The number of carbonyl (C=O) groups excluding carboxylic acids is 2. The summed E-state index contributed by atoms with van der Waals surface area (Å²) in [6.45, 7) is 2.32. The van der Waals surface area contributed by atoms with Crippen molar-refractivity contribution in [2.45, 2.75) is 64.1 Å². The minimum absolute atomic E-state index is 0.0991. The molecule has 1 aliphatic rings. The van der Waals surface area contributed by atoms with Crippen molar-refractivity contribution in [3.63, 3.8) is 0 Å². The highest BCUT2D eigenvalue weighted by Crippen LogP contribution is 2.28. The molecule has 1 atom stereocenters. The lowest BCUT2D eigenvalue weighted by Gasteiger charge is -2.33. The van der Waals surface area contributed by atoms with Crippen LogP contribution in [0.4, 0.5) is 0 Å². The first kappa shape index (κ1) is 24.8. The predicted octanol–water partition coefficient (Wildman–Crippen LogP) is 5.63. The fourth-order valence-electron chi connectivity index (χ4n) is 5.30. The summed E-state index contributed by atoms with van der Waals surface area (Å²) in [5, 5.41) is 4.31. The van der Waals surface area contributed by atoms with Crippen molar-refractivity contribution in [3.05, 3.63) is 102 Å². The molecule has 190 valence electrons. The standard InChI is InChI=1S/C31H34N4O2/c1-22-13-15-24(16-14-22)30(31(37)34-26-9-3-2-4-10-26)35(21-23-8-7-17-32-19-23)29(36)18-25-20-33-28-12-6-5-11-27(25)28/h5-8,11-17,19-20,26,30,33H,2-4,9-10,18,21H2,1H3,(H,34,37)/t30-/m1/s1. The Kier molecular flexibility index (Phi) is 7.64. The number of aromatic amines is 1. The van der Waals surface area contributed by atoms with Gasteiger partial charge in [-0.1, -0.05) is 73.4 Å². The largest absolute Gasteiger partial charge is 0.361 e. The van der Waals surface area contributed by atoms with E-state index >= 15 is 0 Å². The van der Waals surface area contributed by atoms with E-state index in [4.69, 9.17) is 0 Å². The number of aromatic nitrogens is 2. The zero-order valence-electron chi connectivity index (χ0n) is 21.3. The van der Waals surface area contributed by atoms with Crippen molar-refractivity contribution in [1.29, 1.82) is 0 Å². The second-order valence-corrected chi connectivity index (χ2v) is 10.1. The zero-order chi connectivity index (χ0) is 25.6. The Hall–Kier alpha value is -3.93. The summed E-state index contributed by atoms with van der Waals surface area (Å²) < 4.78 is 0. The highest BCUT2D eigenvalue weighted by atomic mass is 16.2. The molecule has 1 saturated carbocycles. The number of nitrogens with zero attached hydrogens (tertiary/aromatic N) is 2. The average molecular weight is 495 g/mol. The molecule has 37 heavy (non-hydrogen) atoms. The minimum atomic E-state index is -0.736. The number of aryl methyl sites for hydroxylation is 1. The molecule has 0 bridgehead atoms. The quantitative estimate of drug-likeness (QED) is 0.333. The van der Waals surface area contributed by atoms with E-state index in [2.05, 4.69) is 15.3 Å². The lowest BCUT2D eigenvalue weighted by molar-refractivity contribution is -0.141. The molecule has 6 heteroatoms. The van der Waals surface area contributed by atoms with Gasteiger partial charge in [-0.15, -0.1) is 0 Å². The normalized spacial score (nSPS) is 14.8. The maximum Gasteiger partial charge on any atom is 0.247 e. The van der Waals surface area contributed by atoms with Gasteiger partial charge in [0.25, 0.3) is 0 Å². The van der Waals surface area contributed by atoms with Gasteiger partial charge in [-0.2, -0.15) is 0 Å². The number of para-hydroxylation sites is 1. The van der Waals surface area contributed by atoms with Gasteiger partial charge in [0.2, 0.25) is 11.8 Å². The smallest absolute Gasteiger partial charge is 0.247 e. The number of H-pyrrole nitrogens is 1. The van der Waals surface area contributed by atoms with Gasteiger partial charge in [0.1, 0.15) is 6.04 Å². The molecule has 0 unspecified atom stereocenters. The number of hydrogen-bond donors (Lipinski definition) is 2. The van der Waals surface area contributed by atoms with Gasteiger partial charge in [-0.3, -0.25) is 14.6 Å². The van der Waals surface area contributed by atoms with Crippen molar-refractivity contribution in [1.82, 2.24) is 20.2 Å². The molecular weight excluding hydrogens is 460 g/mol. The molecule has 4 aromatic rings. The highest BCUT2D eigenvalue weighted by Gasteiger charge is 2.33. The second-order valence-electron chi connectivity index (χ2n) is 10.1. The van der Waals surface area contributed by atoms with Crippen LogP contribution in [0.25, 0.3) is 10.9 Å². The molecule has 2 amide bonds. The molecule has 2 heterocycles. The number of amides is 2. The van der Waals surface area contributed by atoms with Crippen molar-refractivity contribution in [2.75, 3.05) is 0 Å². The summed E-state index contributed by atoms with van der Waals surface area (Å²) in [5.74, 6) is -0.218. The van der Waals surface area contributed by atoms with Crippen molar-refractivity contribution >= 4 is 22.7 Å². The van der Waals surface area contributed by atoms with Crippen molar-refractivity contribution < 1.29 is 9.59 Å². The minimum Gasteiger partial charge on any atom is -0.361 e. The number of benzene rings is 2. The molecular formula is C31H34N4O2. The summed E-state index contributed by atoms with van der Waals surface area (Å²) in [5.41, 5.74) is 4.73. The van der Waals surface area contributed by atoms with E-state index in [-0.39, 0.29) is 24.3 Å². The molecule has 0 aliphatic heterocycles. The van der Waals surface area contributed by atoms with Crippen molar-refractivity contribution in [3.8, 4) is 0 Å². The van der Waals surface area contributed by atoms with Crippen LogP contribution in [0.5, 0.6) is 0 Å². The number of pyridine rings is 1. The first-order chi connectivity index (χ1) is 18.1. The predicted molar refractivity (Wildman–Crippen MR) is 146 cm³/mol. The first-order valence-corrected chi connectivity index (χ1v) is 13.2. The van der Waals surface area contributed by atoms with Crippen LogP contribution in [0, 0.1) is 6.92 Å². The zero-order valence-corrected chi connectivity index (χ0v) is 21.3. The summed E-state index contributed by atoms with van der Waals surface area (Å²) in [6, 6.07) is 19.1. The third-order valence-corrected chi connectivity index (χ3v) is 7.32. The van der Waals surface area contributed by atoms with Crippen LogP contribution in [0.1, 0.15) is 60.4 Å². The third kappa shape index (κ3) is 5.91. The van der Waals surface area contributed by atoms with Crippen LogP contribution in [-0.2, 0) is 22.6 Å². The number of fused-ring (bicyclic) bond motifs is 1. The number of carbonyl (C=O) groups is 2. The van der Waals surface area contributed by atoms with Gasteiger partial charge >= 0.3 is 0 Å². The monoisotopic (exact) mass is 494 g/mol. The van der Waals surface area contributed by atoms with Crippen LogP contribution in [0.2, 0.25) is 0 Å². The first-order valence-electron chi connectivity index (χ1n) is 13.2. The molecule has 0 radical (unpaired) electrons. The van der Waals surface area contributed by atoms with Crippen molar-refractivity contribution in [2.24, 2.45) is 0 Å². The lowest BCUT2D eigenvalue weighted by Crippen LogP contribution is -2.47. The average Bonchev–Trinajstić information content (AvgIpc) is 3.33. The van der Waals surface area contributed by atoms with Crippen LogP contribution < -0.4 is 5.32 Å². The Labute approximate surface area is 218 Å². The molecule has 5 rings (SSSR count). The number of nitrogens with one attached hydrogen (secondary N) is 2. The van der Waals surface area contributed by atoms with Gasteiger partial charge < -0.3 is 15.2 Å². The highest BCUT2D eigenvalue weighted by molar-refractivity contribution is 5.92. The lowest BCUT2D eigenvalue weighted by atomic mass is 9.94. The summed E-state index contributed by atoms with van der Waals surface area (Å²) >= 11 is 0. The SMILES string of the molecule is Cc1ccc([C@H](C(=O)NC2CCCCC2)N(Cc2cccnc2)C(=O)Cc2c[nH]c3ccccc23)cc1. The van der Waals surface area contributed by atoms with Gasteiger partial charge in [-0.05, 0) is 48.6 Å². The molecule has 1 aliphatic carbocycles. The molecule has 2 aromatic heterocycles. The Morgan fingerprint density at radius 2 is 1.81 bits per heavy atom. The molecule has 1 fully saturated rings. The second kappa shape index (κ2) is 11.4. The Bertz CT molecular complexity index is 1340. The van der Waals surface area contributed by atoms with Crippen LogP contribution in [0.15, 0.2) is 79.3 Å². The third-order valence-electron chi connectivity index (χ3n) is 7.32. The van der Waals surface area contributed by atoms with Gasteiger partial charge in [0.05, 0.1) is 6.42 Å².